The lowest BCUT2D eigenvalue weighted by Crippen LogP contribution is -2.33. The lowest BCUT2D eigenvalue weighted by molar-refractivity contribution is 0.0982. The van der Waals surface area contributed by atoms with Crippen molar-refractivity contribution < 1.29 is 14.3 Å². The molecule has 4 rings (SSSR count). The van der Waals surface area contributed by atoms with Gasteiger partial charge >= 0.3 is 0 Å². The zero-order valence-corrected chi connectivity index (χ0v) is 19.9. The molecule has 0 spiro atoms. The highest BCUT2D eigenvalue weighted by Gasteiger charge is 2.13. The molecular weight excluding hydrogens is 428 g/mol. The molecule has 1 aliphatic heterocycles. The quantitative estimate of drug-likeness (QED) is 0.473. The largest absolute Gasteiger partial charge is 0.493 e. The van der Waals surface area contributed by atoms with Crippen molar-refractivity contribution in [1.29, 1.82) is 0 Å². The van der Waals surface area contributed by atoms with Crippen LogP contribution in [-0.4, -0.2) is 44.0 Å². The average molecular weight is 459 g/mol. The van der Waals surface area contributed by atoms with Gasteiger partial charge in [0.15, 0.2) is 23.2 Å². The molecule has 0 radical (unpaired) electrons. The van der Waals surface area contributed by atoms with Crippen LogP contribution in [-0.2, 0) is 13.0 Å². The molecule has 0 amide bonds. The van der Waals surface area contributed by atoms with Crippen molar-refractivity contribution in [3.05, 3.63) is 77.1 Å². The molecule has 7 nitrogen and oxygen atoms in total. The fraction of sp³-hybridized carbons (Fsp3) is 0.296. The number of hydrogen-bond acceptors (Lipinski definition) is 7. The standard InChI is InChI=1S/C27H30N4O3/c1-18-12-21(8-9-28-18)22-13-20(17-31-27-29-10-11-30-27)14-23(16-22)24(32)6-4-19-5-7-25(33-2)26(15-19)34-3/h5,7-9,12-16H,4,6,10-11,17H2,1-3H3,(H2,29,30,31). The number of nitrogens with zero attached hydrogens (tertiary/aromatic N) is 2. The number of methoxy groups -OCH3 is 2. The number of carbonyl (C=O) groups excluding carboxylic acids is 1. The number of pyridine rings is 1. The third-order valence-corrected chi connectivity index (χ3v) is 5.77. The number of guanidine groups is 1. The SMILES string of the molecule is COc1ccc(CCC(=O)c2cc(CNC3=NCCN3)cc(-c3ccnc(C)c3)c2)cc1OC. The van der Waals surface area contributed by atoms with Gasteiger partial charge in [0, 0.05) is 37.0 Å². The molecule has 7 heteroatoms. The fourth-order valence-electron chi connectivity index (χ4n) is 3.99. The highest BCUT2D eigenvalue weighted by atomic mass is 16.5. The number of ether oxygens (including phenoxy) is 2. The predicted octanol–water partition coefficient (Wildman–Crippen LogP) is 3.94. The first-order valence-electron chi connectivity index (χ1n) is 11.4. The minimum absolute atomic E-state index is 0.0972. The van der Waals surface area contributed by atoms with Crippen LogP contribution in [0.1, 0.15) is 33.6 Å². The normalized spacial score (nSPS) is 12.6. The van der Waals surface area contributed by atoms with Crippen molar-refractivity contribution in [2.24, 2.45) is 4.99 Å². The number of hydrogen-bond donors (Lipinski definition) is 2. The van der Waals surface area contributed by atoms with Crippen molar-refractivity contribution in [3.63, 3.8) is 0 Å². The number of aryl methyl sites for hydroxylation is 2. The Balaban J connectivity index is 1.55. The lowest BCUT2D eigenvalue weighted by Gasteiger charge is -2.12. The van der Waals surface area contributed by atoms with E-state index < -0.39 is 0 Å². The molecule has 1 aromatic heterocycles. The average Bonchev–Trinajstić information content (AvgIpc) is 3.39. The van der Waals surface area contributed by atoms with E-state index in [1.54, 1.807) is 20.4 Å². The Bertz CT molecular complexity index is 1210. The molecule has 2 aromatic carbocycles. The van der Waals surface area contributed by atoms with E-state index in [1.165, 1.54) is 0 Å². The topological polar surface area (TPSA) is 84.8 Å². The Morgan fingerprint density at radius 2 is 1.85 bits per heavy atom. The molecule has 0 saturated carbocycles. The molecule has 0 bridgehead atoms. The van der Waals surface area contributed by atoms with Gasteiger partial charge in [0.25, 0.3) is 0 Å². The Labute approximate surface area is 200 Å². The van der Waals surface area contributed by atoms with Gasteiger partial charge in [0.05, 0.1) is 20.8 Å². The van der Waals surface area contributed by atoms with E-state index in [1.807, 2.05) is 49.4 Å². The van der Waals surface area contributed by atoms with Crippen LogP contribution < -0.4 is 20.1 Å². The number of nitrogens with one attached hydrogen (secondary N) is 2. The number of carbonyl (C=O) groups is 1. The van der Waals surface area contributed by atoms with E-state index in [2.05, 4.69) is 26.7 Å². The number of Topliss-reactive ketones (excluding diaryl/α,β-unsaturated/α-hetero) is 1. The summed E-state index contributed by atoms with van der Waals surface area (Å²) in [4.78, 5) is 21.9. The molecule has 176 valence electrons. The van der Waals surface area contributed by atoms with Gasteiger partial charge in [0.2, 0.25) is 0 Å². The van der Waals surface area contributed by atoms with Crippen molar-refractivity contribution in [2.45, 2.75) is 26.3 Å². The first-order chi connectivity index (χ1) is 16.6. The molecular formula is C27H30N4O3. The van der Waals surface area contributed by atoms with E-state index in [9.17, 15) is 4.79 Å². The van der Waals surface area contributed by atoms with Crippen LogP contribution in [0.4, 0.5) is 0 Å². The van der Waals surface area contributed by atoms with Gasteiger partial charge in [-0.3, -0.25) is 14.8 Å². The molecule has 0 saturated heterocycles. The molecule has 2 heterocycles. The summed E-state index contributed by atoms with van der Waals surface area (Å²) >= 11 is 0. The van der Waals surface area contributed by atoms with Crippen molar-refractivity contribution >= 4 is 11.7 Å². The number of benzene rings is 2. The first-order valence-corrected chi connectivity index (χ1v) is 11.4. The highest BCUT2D eigenvalue weighted by Crippen LogP contribution is 2.28. The van der Waals surface area contributed by atoms with Gasteiger partial charge in [-0.1, -0.05) is 6.07 Å². The monoisotopic (exact) mass is 458 g/mol. The van der Waals surface area contributed by atoms with Crippen LogP contribution in [0.15, 0.2) is 59.7 Å². The zero-order valence-electron chi connectivity index (χ0n) is 19.9. The number of aromatic nitrogens is 1. The van der Waals surface area contributed by atoms with E-state index in [4.69, 9.17) is 9.47 Å². The summed E-state index contributed by atoms with van der Waals surface area (Å²) < 4.78 is 10.7. The van der Waals surface area contributed by atoms with Gasteiger partial charge < -0.3 is 20.1 Å². The smallest absolute Gasteiger partial charge is 0.191 e. The Morgan fingerprint density at radius 3 is 2.59 bits per heavy atom. The molecule has 0 atom stereocenters. The predicted molar refractivity (Wildman–Crippen MR) is 134 cm³/mol. The summed E-state index contributed by atoms with van der Waals surface area (Å²) in [7, 11) is 3.22. The van der Waals surface area contributed by atoms with E-state index in [-0.39, 0.29) is 5.78 Å². The minimum atomic E-state index is 0.0972. The minimum Gasteiger partial charge on any atom is -0.493 e. The lowest BCUT2D eigenvalue weighted by atomic mass is 9.95. The van der Waals surface area contributed by atoms with E-state index >= 15 is 0 Å². The Morgan fingerprint density at radius 1 is 1.00 bits per heavy atom. The molecule has 1 aliphatic rings. The van der Waals surface area contributed by atoms with Gasteiger partial charge in [0.1, 0.15) is 0 Å². The van der Waals surface area contributed by atoms with Crippen LogP contribution in [0, 0.1) is 6.92 Å². The van der Waals surface area contributed by atoms with E-state index in [0.29, 0.717) is 36.4 Å². The van der Waals surface area contributed by atoms with Gasteiger partial charge in [-0.15, -0.1) is 0 Å². The summed E-state index contributed by atoms with van der Waals surface area (Å²) in [5.41, 5.74) is 5.73. The Kier molecular flexibility index (Phi) is 7.42. The second-order valence-corrected chi connectivity index (χ2v) is 8.23. The zero-order chi connectivity index (χ0) is 23.9. The van der Waals surface area contributed by atoms with Gasteiger partial charge in [-0.05, 0) is 78.1 Å². The van der Waals surface area contributed by atoms with Crippen LogP contribution >= 0.6 is 0 Å². The second-order valence-electron chi connectivity index (χ2n) is 8.23. The third-order valence-electron chi connectivity index (χ3n) is 5.77. The third kappa shape index (κ3) is 5.73. The van der Waals surface area contributed by atoms with Crippen LogP contribution in [0.2, 0.25) is 0 Å². The molecule has 34 heavy (non-hydrogen) atoms. The molecule has 0 unspecified atom stereocenters. The van der Waals surface area contributed by atoms with Gasteiger partial charge in [-0.25, -0.2) is 0 Å². The van der Waals surface area contributed by atoms with Crippen LogP contribution in [0.3, 0.4) is 0 Å². The molecule has 2 N–H and O–H groups in total. The summed E-state index contributed by atoms with van der Waals surface area (Å²) in [5, 5.41) is 6.54. The second kappa shape index (κ2) is 10.8. The summed E-state index contributed by atoms with van der Waals surface area (Å²) in [6, 6.07) is 15.8. The molecule has 0 aliphatic carbocycles. The van der Waals surface area contributed by atoms with E-state index in [0.717, 1.165) is 47.0 Å². The fourth-order valence-corrected chi connectivity index (χ4v) is 3.99. The first kappa shape index (κ1) is 23.3. The maximum absolute atomic E-state index is 13.2. The summed E-state index contributed by atoms with van der Waals surface area (Å²) in [6.45, 7) is 4.17. The van der Waals surface area contributed by atoms with Crippen molar-refractivity contribution in [3.8, 4) is 22.6 Å². The Hall–Kier alpha value is -3.87. The van der Waals surface area contributed by atoms with Gasteiger partial charge in [-0.2, -0.15) is 0 Å². The van der Waals surface area contributed by atoms with Crippen LogP contribution in [0.5, 0.6) is 11.5 Å². The maximum Gasteiger partial charge on any atom is 0.191 e. The van der Waals surface area contributed by atoms with Crippen molar-refractivity contribution in [2.75, 3.05) is 27.3 Å². The summed E-state index contributed by atoms with van der Waals surface area (Å²) in [5.74, 6) is 2.24. The van der Waals surface area contributed by atoms with Crippen molar-refractivity contribution in [1.82, 2.24) is 15.6 Å². The molecule has 3 aromatic rings. The maximum atomic E-state index is 13.2. The highest BCUT2D eigenvalue weighted by molar-refractivity contribution is 5.97. The van der Waals surface area contributed by atoms with Crippen LogP contribution in [0.25, 0.3) is 11.1 Å². The molecule has 0 fully saturated rings. The summed E-state index contributed by atoms with van der Waals surface area (Å²) in [6.07, 6.45) is 2.81. The number of ketones is 1. The number of aliphatic imine (C=N–C) groups is 1. The number of rotatable bonds is 9.